The van der Waals surface area contributed by atoms with Gasteiger partial charge < -0.3 is 10.5 Å². The van der Waals surface area contributed by atoms with Crippen LogP contribution in [0.1, 0.15) is 5.56 Å². The molecule has 2 rings (SSSR count). The molecule has 0 aliphatic rings. The zero-order valence-corrected chi connectivity index (χ0v) is 12.4. The van der Waals surface area contributed by atoms with E-state index < -0.39 is 0 Å². The first-order valence-electron chi connectivity index (χ1n) is 5.50. The van der Waals surface area contributed by atoms with Crippen LogP contribution in [0.3, 0.4) is 0 Å². The number of anilines is 1. The molecule has 0 saturated carbocycles. The Labute approximate surface area is 120 Å². The lowest BCUT2D eigenvalue weighted by atomic mass is 10.2. The lowest BCUT2D eigenvalue weighted by Crippen LogP contribution is -2.00. The minimum Gasteiger partial charge on any atom is -0.488 e. The van der Waals surface area contributed by atoms with Gasteiger partial charge in [-0.2, -0.15) is 0 Å². The van der Waals surface area contributed by atoms with Crippen molar-refractivity contribution in [1.29, 1.82) is 0 Å². The Bertz CT molecular complexity index is 545. The van der Waals surface area contributed by atoms with Crippen LogP contribution in [0.5, 0.6) is 5.75 Å². The SMILES string of the molecule is CSc1ccccc1OCc1ccc(Br)cc1N. The molecular formula is C14H14BrNOS. The van der Waals surface area contributed by atoms with Crippen LogP contribution < -0.4 is 10.5 Å². The molecule has 2 aromatic carbocycles. The van der Waals surface area contributed by atoms with E-state index in [9.17, 15) is 0 Å². The molecule has 0 aliphatic carbocycles. The molecule has 0 spiro atoms. The van der Waals surface area contributed by atoms with Crippen molar-refractivity contribution in [3.8, 4) is 5.75 Å². The standard InChI is InChI=1S/C14H14BrNOS/c1-18-14-5-3-2-4-13(14)17-9-10-6-7-11(15)8-12(10)16/h2-8H,9,16H2,1H3. The highest BCUT2D eigenvalue weighted by atomic mass is 79.9. The molecule has 94 valence electrons. The lowest BCUT2D eigenvalue weighted by Gasteiger charge is -2.11. The molecule has 0 aliphatic heterocycles. The number of hydrogen-bond acceptors (Lipinski definition) is 3. The third kappa shape index (κ3) is 3.21. The van der Waals surface area contributed by atoms with Crippen LogP contribution in [0.15, 0.2) is 51.8 Å². The Morgan fingerprint density at radius 2 is 2.00 bits per heavy atom. The van der Waals surface area contributed by atoms with Gasteiger partial charge in [-0.15, -0.1) is 11.8 Å². The van der Waals surface area contributed by atoms with E-state index in [4.69, 9.17) is 10.5 Å². The number of para-hydroxylation sites is 1. The van der Waals surface area contributed by atoms with Gasteiger partial charge in [0.25, 0.3) is 0 Å². The highest BCUT2D eigenvalue weighted by Gasteiger charge is 2.04. The number of hydrogen-bond donors (Lipinski definition) is 1. The third-order valence-electron chi connectivity index (χ3n) is 2.56. The van der Waals surface area contributed by atoms with E-state index in [0.717, 1.165) is 26.4 Å². The molecule has 0 saturated heterocycles. The van der Waals surface area contributed by atoms with Gasteiger partial charge in [-0.1, -0.05) is 34.1 Å². The second-order valence-electron chi connectivity index (χ2n) is 3.78. The smallest absolute Gasteiger partial charge is 0.133 e. The molecule has 0 aromatic heterocycles. The number of nitrogen functional groups attached to an aromatic ring is 1. The summed E-state index contributed by atoms with van der Waals surface area (Å²) >= 11 is 5.06. The maximum absolute atomic E-state index is 5.94. The average Bonchev–Trinajstić information content (AvgIpc) is 2.38. The summed E-state index contributed by atoms with van der Waals surface area (Å²) in [5.41, 5.74) is 7.68. The van der Waals surface area contributed by atoms with E-state index in [0.29, 0.717) is 6.61 Å². The second kappa shape index (κ2) is 6.16. The third-order valence-corrected chi connectivity index (χ3v) is 3.83. The summed E-state index contributed by atoms with van der Waals surface area (Å²) in [4.78, 5) is 1.13. The monoisotopic (exact) mass is 323 g/mol. The number of benzene rings is 2. The maximum Gasteiger partial charge on any atom is 0.133 e. The summed E-state index contributed by atoms with van der Waals surface area (Å²) < 4.78 is 6.80. The van der Waals surface area contributed by atoms with Crippen molar-refractivity contribution in [2.45, 2.75) is 11.5 Å². The minimum absolute atomic E-state index is 0.483. The molecule has 2 aromatic rings. The molecule has 0 bridgehead atoms. The van der Waals surface area contributed by atoms with Gasteiger partial charge in [0.1, 0.15) is 12.4 Å². The van der Waals surface area contributed by atoms with Gasteiger partial charge in [-0.25, -0.2) is 0 Å². The molecule has 0 radical (unpaired) electrons. The normalized spacial score (nSPS) is 10.3. The first kappa shape index (κ1) is 13.3. The fourth-order valence-electron chi connectivity index (χ4n) is 1.59. The van der Waals surface area contributed by atoms with E-state index in [-0.39, 0.29) is 0 Å². The highest BCUT2D eigenvalue weighted by molar-refractivity contribution is 9.10. The van der Waals surface area contributed by atoms with Gasteiger partial charge in [-0.3, -0.25) is 0 Å². The van der Waals surface area contributed by atoms with Crippen molar-refractivity contribution >= 4 is 33.4 Å². The molecule has 0 amide bonds. The van der Waals surface area contributed by atoms with Crippen molar-refractivity contribution in [3.63, 3.8) is 0 Å². The predicted octanol–water partition coefficient (Wildman–Crippen LogP) is 4.33. The Morgan fingerprint density at radius 1 is 1.22 bits per heavy atom. The zero-order chi connectivity index (χ0) is 13.0. The van der Waals surface area contributed by atoms with Gasteiger partial charge in [0.2, 0.25) is 0 Å². The minimum atomic E-state index is 0.483. The van der Waals surface area contributed by atoms with Crippen molar-refractivity contribution in [1.82, 2.24) is 0 Å². The highest BCUT2D eigenvalue weighted by Crippen LogP contribution is 2.28. The molecule has 4 heteroatoms. The van der Waals surface area contributed by atoms with Gasteiger partial charge in [0, 0.05) is 20.6 Å². The Hall–Kier alpha value is -1.13. The maximum atomic E-state index is 5.94. The summed E-state index contributed by atoms with van der Waals surface area (Å²) in [7, 11) is 0. The number of ether oxygens (including phenoxy) is 1. The quantitative estimate of drug-likeness (QED) is 0.671. The van der Waals surface area contributed by atoms with E-state index in [2.05, 4.69) is 15.9 Å². The lowest BCUT2D eigenvalue weighted by molar-refractivity contribution is 0.299. The van der Waals surface area contributed by atoms with Crippen LogP contribution in [0.4, 0.5) is 5.69 Å². The number of thioether (sulfide) groups is 1. The van der Waals surface area contributed by atoms with Gasteiger partial charge in [0.15, 0.2) is 0 Å². The summed E-state index contributed by atoms with van der Waals surface area (Å²) in [6, 6.07) is 13.8. The molecule has 2 N–H and O–H groups in total. The van der Waals surface area contributed by atoms with E-state index in [1.54, 1.807) is 11.8 Å². The van der Waals surface area contributed by atoms with Crippen molar-refractivity contribution in [3.05, 3.63) is 52.5 Å². The predicted molar refractivity (Wildman–Crippen MR) is 81.1 cm³/mol. The summed E-state index contributed by atoms with van der Waals surface area (Å²) in [6.07, 6.45) is 2.04. The van der Waals surface area contributed by atoms with E-state index in [1.165, 1.54) is 0 Å². The van der Waals surface area contributed by atoms with Crippen molar-refractivity contribution < 1.29 is 4.74 Å². The fourth-order valence-corrected chi connectivity index (χ4v) is 2.51. The van der Waals surface area contributed by atoms with Crippen molar-refractivity contribution in [2.75, 3.05) is 12.0 Å². The topological polar surface area (TPSA) is 35.2 Å². The van der Waals surface area contributed by atoms with Crippen LogP contribution >= 0.6 is 27.7 Å². The number of nitrogens with two attached hydrogens (primary N) is 1. The number of rotatable bonds is 4. The molecular weight excluding hydrogens is 310 g/mol. The summed E-state index contributed by atoms with van der Waals surface area (Å²) in [6.45, 7) is 0.483. The Morgan fingerprint density at radius 3 is 2.72 bits per heavy atom. The van der Waals surface area contributed by atoms with E-state index in [1.807, 2.05) is 48.7 Å². The number of halogens is 1. The summed E-state index contributed by atoms with van der Waals surface area (Å²) in [5, 5.41) is 0. The summed E-state index contributed by atoms with van der Waals surface area (Å²) in [5.74, 6) is 0.896. The van der Waals surface area contributed by atoms with Gasteiger partial charge >= 0.3 is 0 Å². The largest absolute Gasteiger partial charge is 0.488 e. The van der Waals surface area contributed by atoms with E-state index >= 15 is 0 Å². The molecule has 2 nitrogen and oxygen atoms in total. The first-order valence-corrected chi connectivity index (χ1v) is 7.52. The zero-order valence-electron chi connectivity index (χ0n) is 10.0. The average molecular weight is 324 g/mol. The second-order valence-corrected chi connectivity index (χ2v) is 5.55. The van der Waals surface area contributed by atoms with Crippen LogP contribution in [0.25, 0.3) is 0 Å². The van der Waals surface area contributed by atoms with Crippen LogP contribution in [-0.4, -0.2) is 6.26 Å². The molecule has 0 fully saturated rings. The van der Waals surface area contributed by atoms with Gasteiger partial charge in [0.05, 0.1) is 0 Å². The van der Waals surface area contributed by atoms with Crippen LogP contribution in [0, 0.1) is 0 Å². The first-order chi connectivity index (χ1) is 8.70. The van der Waals surface area contributed by atoms with Crippen LogP contribution in [0.2, 0.25) is 0 Å². The Balaban J connectivity index is 2.11. The molecule has 0 unspecified atom stereocenters. The van der Waals surface area contributed by atoms with Gasteiger partial charge in [-0.05, 0) is 30.5 Å². The Kier molecular flexibility index (Phi) is 4.55. The molecule has 0 heterocycles. The fraction of sp³-hybridized carbons (Fsp3) is 0.143. The molecule has 0 atom stereocenters. The van der Waals surface area contributed by atoms with Crippen molar-refractivity contribution in [2.24, 2.45) is 0 Å². The molecule has 18 heavy (non-hydrogen) atoms. The van der Waals surface area contributed by atoms with Crippen LogP contribution in [-0.2, 0) is 6.61 Å².